The van der Waals surface area contributed by atoms with Gasteiger partial charge in [-0.25, -0.2) is 38.3 Å². The molecule has 0 radical (unpaired) electrons. The molecule has 0 bridgehead atoms. The standard InChI is InChI=1S/C40H53N5O4S.C33H39N5O4S/c1-9-12-13-14-15-16-21-48-29-17-19-33(47-8)31(24-29)38-42-39-35(40(46)49-37-27(5)22-26(4)23-28(37)6)36(41-7)32(45(39)43-38)25-30-18-20-34(50-30)44(10-2)11-3;1-9-37(10-2)27-14-12-23(43-27)18-25-29(34-6)28(33(39)42-30-20(4)15-19(3)16-21(30)5)32-35-31(36-38(25)32)24-17-22(40-7)11-13-26(24)41-8/h17-20,24-28,37H,9-16,21-23H2,1-6,8H3;11-14,17-21,30H,9-10,15-16H2,1-5,7-8H3/b32-25+;25-18+. The number of carbonyl (C=O) groups excluding carboxylic acids is 2. The Morgan fingerprint density at radius 2 is 0.968 bits per heavy atom. The highest BCUT2D eigenvalue weighted by Crippen LogP contribution is 2.41. The predicted molar refractivity (Wildman–Crippen MR) is 373 cm³/mol. The number of aromatic nitrogens is 6. The maximum Gasteiger partial charge on any atom is 0.331 e. The van der Waals surface area contributed by atoms with Crippen LogP contribution >= 0.6 is 22.7 Å². The number of methoxy groups -OCH3 is 3. The van der Waals surface area contributed by atoms with Gasteiger partial charge in [-0.1, -0.05) is 80.6 Å². The van der Waals surface area contributed by atoms with Gasteiger partial charge in [0, 0.05) is 35.9 Å². The molecule has 8 aromatic rings. The van der Waals surface area contributed by atoms with Gasteiger partial charge in [-0.2, -0.15) is 0 Å². The molecule has 93 heavy (non-hydrogen) atoms. The Kier molecular flexibility index (Phi) is 23.5. The Labute approximate surface area is 556 Å². The number of thiophene rings is 2. The lowest BCUT2D eigenvalue weighted by molar-refractivity contribution is -0.0253. The van der Waals surface area contributed by atoms with Crippen LogP contribution in [0, 0.1) is 48.7 Å². The fourth-order valence-corrected chi connectivity index (χ4v) is 15.9. The molecule has 0 N–H and O–H groups in total. The average molecular weight is 1300 g/mol. The number of rotatable bonds is 25. The molecule has 2 aliphatic carbocycles. The van der Waals surface area contributed by atoms with E-state index in [-0.39, 0.29) is 64.0 Å². The summed E-state index contributed by atoms with van der Waals surface area (Å²) in [5.41, 5.74) is 2.52. The predicted octanol–water partition coefficient (Wildman–Crippen LogP) is 16.0. The lowest BCUT2D eigenvalue weighted by Crippen LogP contribution is -2.37. The molecule has 6 aromatic heterocycles. The Balaban J connectivity index is 0.000000222. The monoisotopic (exact) mass is 1300 g/mol. The normalized spacial score (nSPS) is 20.0. The van der Waals surface area contributed by atoms with Crippen LogP contribution in [-0.4, -0.2) is 107 Å². The highest BCUT2D eigenvalue weighted by molar-refractivity contribution is 7.17. The Morgan fingerprint density at radius 1 is 0.559 bits per heavy atom. The topological polar surface area (TPSA) is 165 Å². The fourth-order valence-electron chi connectivity index (χ4n) is 13.8. The molecular formula is C73H92N10O8S2. The van der Waals surface area contributed by atoms with E-state index in [0.717, 1.165) is 84.5 Å². The van der Waals surface area contributed by atoms with Crippen molar-refractivity contribution in [2.45, 2.75) is 153 Å². The number of carbonyl (C=O) groups is 2. The van der Waals surface area contributed by atoms with Gasteiger partial charge in [0.15, 0.2) is 22.9 Å². The second-order valence-electron chi connectivity index (χ2n) is 25.1. The van der Waals surface area contributed by atoms with Crippen molar-refractivity contribution in [3.05, 3.63) is 115 Å². The van der Waals surface area contributed by atoms with Crippen molar-refractivity contribution in [2.75, 3.05) is 63.9 Å². The second kappa shape index (κ2) is 31.6. The van der Waals surface area contributed by atoms with Crippen LogP contribution in [0.1, 0.15) is 171 Å². The molecule has 0 aliphatic heterocycles. The third kappa shape index (κ3) is 15.4. The van der Waals surface area contributed by atoms with E-state index >= 15 is 0 Å². The van der Waals surface area contributed by atoms with Gasteiger partial charge in [-0.15, -0.1) is 32.9 Å². The molecule has 494 valence electrons. The summed E-state index contributed by atoms with van der Waals surface area (Å²) in [6, 6.07) is 19.3. The Hall–Kier alpha value is -8.20. The second-order valence-corrected chi connectivity index (χ2v) is 27.3. The minimum absolute atomic E-state index is 0.139. The van der Waals surface area contributed by atoms with Gasteiger partial charge in [0.2, 0.25) is 11.4 Å². The summed E-state index contributed by atoms with van der Waals surface area (Å²) in [6.07, 6.45) is 14.4. The van der Waals surface area contributed by atoms with Crippen LogP contribution in [-0.2, 0) is 9.47 Å². The smallest absolute Gasteiger partial charge is 0.331 e. The van der Waals surface area contributed by atoms with Gasteiger partial charge in [0.05, 0.1) is 72.9 Å². The van der Waals surface area contributed by atoms with Crippen molar-refractivity contribution >= 4 is 79.4 Å². The van der Waals surface area contributed by atoms with Crippen molar-refractivity contribution in [1.82, 2.24) is 29.2 Å². The molecule has 4 unspecified atom stereocenters. The molecule has 2 aromatic carbocycles. The lowest BCUT2D eigenvalue weighted by Gasteiger charge is -2.37. The minimum Gasteiger partial charge on any atom is -0.497 e. The molecule has 0 saturated heterocycles. The van der Waals surface area contributed by atoms with E-state index in [4.69, 9.17) is 61.7 Å². The van der Waals surface area contributed by atoms with Crippen LogP contribution in [0.3, 0.4) is 0 Å². The number of hydrogen-bond acceptors (Lipinski definition) is 16. The maximum atomic E-state index is 14.2. The summed E-state index contributed by atoms with van der Waals surface area (Å²) >= 11 is 3.27. The van der Waals surface area contributed by atoms with E-state index in [2.05, 4.69) is 108 Å². The summed E-state index contributed by atoms with van der Waals surface area (Å²) in [5, 5.41) is 13.0. The van der Waals surface area contributed by atoms with E-state index in [1.54, 1.807) is 71.2 Å². The van der Waals surface area contributed by atoms with E-state index in [1.807, 2.05) is 42.5 Å². The van der Waals surface area contributed by atoms with Gasteiger partial charge < -0.3 is 38.2 Å². The van der Waals surface area contributed by atoms with Crippen molar-refractivity contribution in [3.63, 3.8) is 0 Å². The molecule has 2 saturated carbocycles. The van der Waals surface area contributed by atoms with E-state index < -0.39 is 11.9 Å². The summed E-state index contributed by atoms with van der Waals surface area (Å²) in [6.45, 7) is 44.4. The zero-order valence-corrected chi connectivity index (χ0v) is 58.3. The van der Waals surface area contributed by atoms with E-state index in [1.165, 1.54) is 25.7 Å². The van der Waals surface area contributed by atoms with Crippen LogP contribution in [0.4, 0.5) is 21.4 Å². The first-order chi connectivity index (χ1) is 44.9. The number of unbranched alkanes of at least 4 members (excludes halogenated alkanes) is 5. The molecule has 2 aliphatic rings. The van der Waals surface area contributed by atoms with Gasteiger partial charge in [-0.3, -0.25) is 0 Å². The van der Waals surface area contributed by atoms with Crippen molar-refractivity contribution in [3.8, 4) is 45.8 Å². The van der Waals surface area contributed by atoms with Gasteiger partial charge >= 0.3 is 11.9 Å². The maximum absolute atomic E-state index is 14.2. The summed E-state index contributed by atoms with van der Waals surface area (Å²) in [4.78, 5) is 52.1. The van der Waals surface area contributed by atoms with Crippen LogP contribution in [0.2, 0.25) is 0 Å². The Morgan fingerprint density at radius 3 is 1.37 bits per heavy atom. The van der Waals surface area contributed by atoms with Crippen molar-refractivity contribution < 1.29 is 38.0 Å². The van der Waals surface area contributed by atoms with Crippen LogP contribution in [0.5, 0.6) is 23.0 Å². The molecular weight excluding hydrogens is 1210 g/mol. The highest BCUT2D eigenvalue weighted by Gasteiger charge is 2.38. The number of benzene rings is 2. The number of hydrogen-bond donors (Lipinski definition) is 0. The zero-order chi connectivity index (χ0) is 66.6. The highest BCUT2D eigenvalue weighted by atomic mass is 32.1. The summed E-state index contributed by atoms with van der Waals surface area (Å²) in [7, 11) is 4.79. The zero-order valence-electron chi connectivity index (χ0n) is 56.7. The molecule has 20 heteroatoms. The lowest BCUT2D eigenvalue weighted by atomic mass is 9.75. The number of nitrogens with zero attached hydrogens (tertiary/aromatic N) is 10. The molecule has 2 fully saturated rings. The summed E-state index contributed by atoms with van der Waals surface area (Å²) < 4.78 is 38.6. The quantitative estimate of drug-likeness (QED) is 0.0301. The number of fused-ring (bicyclic) bond motifs is 2. The van der Waals surface area contributed by atoms with Crippen molar-refractivity contribution in [2.24, 2.45) is 35.5 Å². The fraction of sp³-hybridized carbons (Fsp3) is 0.507. The average Bonchev–Trinajstić information content (AvgIpc) is 1.60. The first kappa shape index (κ1) is 69.1. The third-order valence-corrected chi connectivity index (χ3v) is 20.5. The van der Waals surface area contributed by atoms with Gasteiger partial charge in [-0.05, 0) is 168 Å². The minimum atomic E-state index is -0.541. The van der Waals surface area contributed by atoms with E-state index in [0.29, 0.717) is 80.6 Å². The number of ether oxygens (including phenoxy) is 6. The van der Waals surface area contributed by atoms with Crippen molar-refractivity contribution in [1.29, 1.82) is 0 Å². The Bertz CT molecular complexity index is 4050. The first-order valence-electron chi connectivity index (χ1n) is 33.2. The SMILES string of the molecule is [C-]#[N+]c1c(C(=O)OC2C(C)CC(C)CC2C)c2nc(-c3cc(OC)ccc3OC)nn2/c1=C/c1ccc(N(CC)CC)s1.[C-]#[N+]c1c(C(=O)OC2C(C)CC(C)CC2C)c2nc(-c3cc(OCCCCCCCC)ccc3OC)nn2/c1=C/c1ccc(N(CC)CC)s1. The largest absolute Gasteiger partial charge is 0.497 e. The molecule has 4 atom stereocenters. The van der Waals surface area contributed by atoms with Crippen LogP contribution < -0.4 is 39.4 Å². The first-order valence-corrected chi connectivity index (χ1v) is 34.9. The van der Waals surface area contributed by atoms with Gasteiger partial charge in [0.25, 0.3) is 0 Å². The third-order valence-electron chi connectivity index (χ3n) is 18.3. The summed E-state index contributed by atoms with van der Waals surface area (Å²) in [5.74, 6) is 4.16. The molecule has 18 nitrogen and oxygen atoms in total. The molecule has 0 spiro atoms. The van der Waals surface area contributed by atoms with Crippen LogP contribution in [0.25, 0.3) is 55.9 Å². The molecule has 10 rings (SSSR count). The number of anilines is 2. The van der Waals surface area contributed by atoms with E-state index in [9.17, 15) is 9.59 Å². The molecule has 0 amide bonds. The van der Waals surface area contributed by atoms with Gasteiger partial charge in [0.1, 0.15) is 46.3 Å². The van der Waals surface area contributed by atoms with Crippen LogP contribution in [0.15, 0.2) is 60.7 Å². The number of esters is 2. The molecule has 6 heterocycles.